The molecular formula is C16H18ClFN2O. The van der Waals surface area contributed by atoms with Gasteiger partial charge in [0.15, 0.2) is 0 Å². The minimum absolute atomic E-state index is 0.0854. The Balaban J connectivity index is 1.96. The van der Waals surface area contributed by atoms with Gasteiger partial charge in [-0.05, 0) is 24.3 Å². The van der Waals surface area contributed by atoms with E-state index in [1.54, 1.807) is 6.07 Å². The molecule has 0 amide bonds. The Morgan fingerprint density at radius 2 is 2.00 bits per heavy atom. The van der Waals surface area contributed by atoms with Crippen LogP contribution in [0.4, 0.5) is 4.39 Å². The molecule has 0 aliphatic carbocycles. The first-order valence-electron chi connectivity index (χ1n) is 6.80. The highest BCUT2D eigenvalue weighted by molar-refractivity contribution is 6.30. The molecule has 0 saturated heterocycles. The van der Waals surface area contributed by atoms with E-state index in [1.807, 2.05) is 18.2 Å². The van der Waals surface area contributed by atoms with Crippen LogP contribution in [-0.2, 0) is 13.2 Å². The first-order chi connectivity index (χ1) is 10.0. The number of nitrogens with one attached hydrogen (secondary N) is 1. The second-order valence-corrected chi connectivity index (χ2v) is 5.43. The van der Waals surface area contributed by atoms with Crippen molar-refractivity contribution < 1.29 is 9.13 Å². The van der Waals surface area contributed by atoms with Gasteiger partial charge >= 0.3 is 0 Å². The molecule has 0 radical (unpaired) electrons. The third kappa shape index (κ3) is 4.99. The van der Waals surface area contributed by atoms with Gasteiger partial charge in [-0.2, -0.15) is 0 Å². The third-order valence-electron chi connectivity index (χ3n) is 2.83. The predicted molar refractivity (Wildman–Crippen MR) is 82.0 cm³/mol. The van der Waals surface area contributed by atoms with E-state index in [1.165, 1.54) is 12.1 Å². The largest absolute Gasteiger partial charge is 0.487 e. The van der Waals surface area contributed by atoms with E-state index < -0.39 is 5.82 Å². The van der Waals surface area contributed by atoms with E-state index >= 15 is 0 Å². The minimum atomic E-state index is -0.489. The van der Waals surface area contributed by atoms with Crippen molar-refractivity contribution in [3.63, 3.8) is 0 Å². The number of nitrogens with zero attached hydrogens (tertiary/aromatic N) is 1. The molecule has 5 heteroatoms. The fraction of sp³-hybridized carbons (Fsp3) is 0.312. The van der Waals surface area contributed by atoms with Crippen LogP contribution in [0.25, 0.3) is 0 Å². The molecule has 1 aromatic carbocycles. The number of ether oxygens (including phenoxy) is 1. The Hall–Kier alpha value is -1.65. The van der Waals surface area contributed by atoms with Gasteiger partial charge < -0.3 is 10.1 Å². The lowest BCUT2D eigenvalue weighted by molar-refractivity contribution is 0.299. The van der Waals surface area contributed by atoms with Crippen molar-refractivity contribution in [3.8, 4) is 5.75 Å². The summed E-state index contributed by atoms with van der Waals surface area (Å²) in [5, 5.41) is 3.39. The molecule has 0 unspecified atom stereocenters. The normalized spacial score (nSPS) is 10.9. The standard InChI is InChI=1S/C16H18ClFN2O/c1-11(2)19-9-12-4-3-5-13(20-12)10-21-14-6-7-15(17)16(18)8-14/h3-8,11,19H,9-10H2,1-2H3. The number of hydrogen-bond donors (Lipinski definition) is 1. The lowest BCUT2D eigenvalue weighted by Gasteiger charge is -2.10. The van der Waals surface area contributed by atoms with Gasteiger partial charge in [-0.3, -0.25) is 4.98 Å². The maximum atomic E-state index is 13.3. The quantitative estimate of drug-likeness (QED) is 0.877. The maximum absolute atomic E-state index is 13.3. The highest BCUT2D eigenvalue weighted by Crippen LogP contribution is 2.21. The van der Waals surface area contributed by atoms with E-state index in [0.717, 1.165) is 11.4 Å². The van der Waals surface area contributed by atoms with Crippen molar-refractivity contribution in [2.24, 2.45) is 0 Å². The van der Waals surface area contributed by atoms with E-state index in [0.29, 0.717) is 18.3 Å². The van der Waals surface area contributed by atoms with Crippen LogP contribution in [0, 0.1) is 5.82 Å². The third-order valence-corrected chi connectivity index (χ3v) is 3.14. The Morgan fingerprint density at radius 1 is 1.24 bits per heavy atom. The maximum Gasteiger partial charge on any atom is 0.145 e. The van der Waals surface area contributed by atoms with Crippen LogP contribution in [0.2, 0.25) is 5.02 Å². The molecule has 21 heavy (non-hydrogen) atoms. The van der Waals surface area contributed by atoms with E-state index in [-0.39, 0.29) is 11.6 Å². The second-order valence-electron chi connectivity index (χ2n) is 5.02. The van der Waals surface area contributed by atoms with E-state index in [4.69, 9.17) is 16.3 Å². The highest BCUT2D eigenvalue weighted by Gasteiger charge is 2.04. The summed E-state index contributed by atoms with van der Waals surface area (Å²) in [6, 6.07) is 10.6. The summed E-state index contributed by atoms with van der Waals surface area (Å²) < 4.78 is 18.8. The van der Waals surface area contributed by atoms with Gasteiger partial charge in [-0.15, -0.1) is 0 Å². The minimum Gasteiger partial charge on any atom is -0.487 e. The van der Waals surface area contributed by atoms with Crippen molar-refractivity contribution in [1.29, 1.82) is 0 Å². The first kappa shape index (κ1) is 15.7. The number of aromatic nitrogens is 1. The van der Waals surface area contributed by atoms with E-state index in [9.17, 15) is 4.39 Å². The zero-order valence-corrected chi connectivity index (χ0v) is 12.8. The van der Waals surface area contributed by atoms with Crippen LogP contribution >= 0.6 is 11.6 Å². The molecule has 0 spiro atoms. The SMILES string of the molecule is CC(C)NCc1cccc(COc2ccc(Cl)c(F)c2)n1. The molecule has 2 aromatic rings. The Bertz CT molecular complexity index is 605. The Kier molecular flexibility index (Phi) is 5.53. The zero-order chi connectivity index (χ0) is 15.2. The Morgan fingerprint density at radius 3 is 2.71 bits per heavy atom. The van der Waals surface area contributed by atoms with Gasteiger partial charge in [0, 0.05) is 18.7 Å². The van der Waals surface area contributed by atoms with Crippen LogP contribution in [0.1, 0.15) is 25.2 Å². The number of rotatable bonds is 6. The smallest absolute Gasteiger partial charge is 0.145 e. The molecular weight excluding hydrogens is 291 g/mol. The van der Waals surface area contributed by atoms with Crippen LogP contribution in [0.5, 0.6) is 5.75 Å². The number of hydrogen-bond acceptors (Lipinski definition) is 3. The van der Waals surface area contributed by atoms with Gasteiger partial charge in [0.25, 0.3) is 0 Å². The Labute approximate surface area is 129 Å². The van der Waals surface area contributed by atoms with Crippen LogP contribution < -0.4 is 10.1 Å². The summed E-state index contributed by atoms with van der Waals surface area (Å²) in [6.07, 6.45) is 0. The first-order valence-corrected chi connectivity index (χ1v) is 7.18. The molecule has 0 atom stereocenters. The van der Waals surface area contributed by atoms with Crippen LogP contribution in [-0.4, -0.2) is 11.0 Å². The molecule has 3 nitrogen and oxygen atoms in total. The molecule has 112 valence electrons. The number of benzene rings is 1. The monoisotopic (exact) mass is 308 g/mol. The molecule has 0 aliphatic rings. The fourth-order valence-electron chi connectivity index (χ4n) is 1.74. The lowest BCUT2D eigenvalue weighted by Crippen LogP contribution is -2.22. The molecule has 0 bridgehead atoms. The molecule has 1 aromatic heterocycles. The number of pyridine rings is 1. The van der Waals surface area contributed by atoms with Crippen molar-refractivity contribution >= 4 is 11.6 Å². The van der Waals surface area contributed by atoms with E-state index in [2.05, 4.69) is 24.1 Å². The average Bonchev–Trinajstić information content (AvgIpc) is 2.47. The number of halogens is 2. The molecule has 1 N–H and O–H groups in total. The summed E-state index contributed by atoms with van der Waals surface area (Å²) in [5.74, 6) is -0.0542. The van der Waals surface area contributed by atoms with Gasteiger partial charge in [0.1, 0.15) is 18.2 Å². The fourth-order valence-corrected chi connectivity index (χ4v) is 1.86. The summed E-state index contributed by atoms with van der Waals surface area (Å²) in [5.41, 5.74) is 1.75. The summed E-state index contributed by atoms with van der Waals surface area (Å²) >= 11 is 5.63. The average molecular weight is 309 g/mol. The van der Waals surface area contributed by atoms with Crippen molar-refractivity contribution in [2.45, 2.75) is 33.0 Å². The highest BCUT2D eigenvalue weighted by atomic mass is 35.5. The van der Waals surface area contributed by atoms with Crippen molar-refractivity contribution in [3.05, 3.63) is 58.6 Å². The lowest BCUT2D eigenvalue weighted by atomic mass is 10.3. The van der Waals surface area contributed by atoms with Gasteiger partial charge in [-0.1, -0.05) is 31.5 Å². The molecule has 0 saturated carbocycles. The van der Waals surface area contributed by atoms with Crippen molar-refractivity contribution in [1.82, 2.24) is 10.3 Å². The van der Waals surface area contributed by atoms with Crippen LogP contribution in [0.3, 0.4) is 0 Å². The molecule has 0 aliphatic heterocycles. The predicted octanol–water partition coefficient (Wildman–Crippen LogP) is 3.95. The van der Waals surface area contributed by atoms with Crippen molar-refractivity contribution in [2.75, 3.05) is 0 Å². The molecule has 2 rings (SSSR count). The van der Waals surface area contributed by atoms with Gasteiger partial charge in [-0.25, -0.2) is 4.39 Å². The van der Waals surface area contributed by atoms with Gasteiger partial charge in [0.2, 0.25) is 0 Å². The topological polar surface area (TPSA) is 34.1 Å². The molecule has 0 fully saturated rings. The summed E-state index contributed by atoms with van der Waals surface area (Å²) in [6.45, 7) is 5.17. The molecule has 1 heterocycles. The van der Waals surface area contributed by atoms with Crippen LogP contribution in [0.15, 0.2) is 36.4 Å². The summed E-state index contributed by atoms with van der Waals surface area (Å²) in [7, 11) is 0. The van der Waals surface area contributed by atoms with Gasteiger partial charge in [0.05, 0.1) is 16.4 Å². The summed E-state index contributed by atoms with van der Waals surface area (Å²) in [4.78, 5) is 4.49. The second kappa shape index (κ2) is 7.38. The zero-order valence-electron chi connectivity index (χ0n) is 12.1.